The van der Waals surface area contributed by atoms with Crippen molar-refractivity contribution < 1.29 is 44.0 Å². The number of aliphatic carboxylic acids is 4. The van der Waals surface area contributed by atoms with Gasteiger partial charge in [-0.2, -0.15) is 0 Å². The van der Waals surface area contributed by atoms with Gasteiger partial charge in [-0.15, -0.1) is 0 Å². The fourth-order valence-electron chi connectivity index (χ4n) is 5.14. The first-order valence-electron chi connectivity index (χ1n) is 15.8. The standard InChI is InChI=1S/C28H32FN5.2C4H4O4/c29-24-10-8-23(9-11-24)21-34-27-7-2-1-6-26(27)32-28(34)19-22-12-16-33(17-13-22)18-15-30-20-25-5-3-4-14-31-25;2*5-3(6)1-2-4(7)8/h1-11,14,22,30H,12-13,15-21H2;2*1-2H,(H,5,6)(H,7,8). The van der Waals surface area contributed by atoms with E-state index in [1.165, 1.54) is 25.0 Å². The largest absolute Gasteiger partial charge is 0.478 e. The zero-order valence-corrected chi connectivity index (χ0v) is 27.3. The molecule has 0 amide bonds. The highest BCUT2D eigenvalue weighted by atomic mass is 19.1. The van der Waals surface area contributed by atoms with E-state index in [1.807, 2.05) is 36.5 Å². The van der Waals surface area contributed by atoms with Gasteiger partial charge in [0.1, 0.15) is 11.6 Å². The van der Waals surface area contributed by atoms with E-state index in [2.05, 4.69) is 44.0 Å². The van der Waals surface area contributed by atoms with Crippen LogP contribution in [0, 0.1) is 11.7 Å². The summed E-state index contributed by atoms with van der Waals surface area (Å²) < 4.78 is 15.7. The first kappa shape index (κ1) is 38.7. The van der Waals surface area contributed by atoms with Crippen LogP contribution in [0.25, 0.3) is 11.0 Å². The van der Waals surface area contributed by atoms with Crippen LogP contribution in [0.1, 0.15) is 29.9 Å². The normalized spacial score (nSPS) is 13.4. The Morgan fingerprint density at radius 1 is 0.800 bits per heavy atom. The van der Waals surface area contributed by atoms with Gasteiger partial charge in [-0.3, -0.25) is 4.98 Å². The lowest BCUT2D eigenvalue weighted by atomic mass is 9.93. The van der Waals surface area contributed by atoms with Crippen LogP contribution in [0.3, 0.4) is 0 Å². The van der Waals surface area contributed by atoms with Crippen LogP contribution in [-0.2, 0) is 38.7 Å². The maximum atomic E-state index is 13.4. The van der Waals surface area contributed by atoms with E-state index in [1.54, 1.807) is 0 Å². The molecule has 0 atom stereocenters. The molecule has 1 aliphatic rings. The number of pyridine rings is 1. The summed E-state index contributed by atoms with van der Waals surface area (Å²) in [5.41, 5.74) is 4.37. The minimum absolute atomic E-state index is 0.196. The highest BCUT2D eigenvalue weighted by Gasteiger charge is 2.22. The Labute approximate surface area is 288 Å². The average Bonchev–Trinajstić information content (AvgIpc) is 3.44. The van der Waals surface area contributed by atoms with Gasteiger partial charge in [0.2, 0.25) is 0 Å². The minimum atomic E-state index is -1.26. The summed E-state index contributed by atoms with van der Waals surface area (Å²) in [6, 6.07) is 21.2. The maximum Gasteiger partial charge on any atom is 0.328 e. The fourth-order valence-corrected chi connectivity index (χ4v) is 5.14. The number of carbonyl (C=O) groups is 4. The Hall–Kier alpha value is -5.73. The van der Waals surface area contributed by atoms with Crippen LogP contribution in [-0.4, -0.2) is 89.9 Å². The molecular weight excluding hydrogens is 649 g/mol. The van der Waals surface area contributed by atoms with Gasteiger partial charge in [0.15, 0.2) is 0 Å². The summed E-state index contributed by atoms with van der Waals surface area (Å²) in [5.74, 6) is -3.44. The highest BCUT2D eigenvalue weighted by molar-refractivity contribution is 5.90. The van der Waals surface area contributed by atoms with Gasteiger partial charge in [-0.1, -0.05) is 30.3 Å². The molecule has 0 saturated carbocycles. The summed E-state index contributed by atoms with van der Waals surface area (Å²) in [5, 5.41) is 34.8. The van der Waals surface area contributed by atoms with Crippen molar-refractivity contribution in [3.63, 3.8) is 0 Å². The molecule has 0 unspecified atom stereocenters. The molecule has 0 aliphatic carbocycles. The Bertz CT molecular complexity index is 1690. The second kappa shape index (κ2) is 20.6. The highest BCUT2D eigenvalue weighted by Crippen LogP contribution is 2.25. The number of carboxylic acid groups (broad SMARTS) is 4. The van der Waals surface area contributed by atoms with Crippen molar-refractivity contribution in [3.05, 3.63) is 120 Å². The molecule has 264 valence electrons. The Kier molecular flexibility index (Phi) is 15.9. The Morgan fingerprint density at radius 3 is 1.94 bits per heavy atom. The number of likely N-dealkylation sites (tertiary alicyclic amines) is 1. The monoisotopic (exact) mass is 689 g/mol. The van der Waals surface area contributed by atoms with E-state index in [0.29, 0.717) is 30.2 Å². The number of imidazole rings is 1. The van der Waals surface area contributed by atoms with Crippen LogP contribution in [0.4, 0.5) is 4.39 Å². The van der Waals surface area contributed by atoms with Gasteiger partial charge in [0, 0.05) is 63.1 Å². The third kappa shape index (κ3) is 14.6. The summed E-state index contributed by atoms with van der Waals surface area (Å²) in [7, 11) is 0. The van der Waals surface area contributed by atoms with E-state index in [-0.39, 0.29) is 5.82 Å². The molecule has 2 aromatic carbocycles. The number of piperidine rings is 1. The van der Waals surface area contributed by atoms with Crippen molar-refractivity contribution in [2.24, 2.45) is 5.92 Å². The van der Waals surface area contributed by atoms with Crippen molar-refractivity contribution in [2.75, 3.05) is 26.2 Å². The molecule has 0 spiro atoms. The number of aromatic nitrogens is 3. The third-order valence-electron chi connectivity index (χ3n) is 7.54. The third-order valence-corrected chi connectivity index (χ3v) is 7.54. The fraction of sp³-hybridized carbons (Fsp3) is 0.278. The molecular formula is C36H40FN5O8. The van der Waals surface area contributed by atoms with Gasteiger partial charge in [0.05, 0.1) is 16.7 Å². The first-order chi connectivity index (χ1) is 24.0. The summed E-state index contributed by atoms with van der Waals surface area (Å²) in [4.78, 5) is 50.1. The molecule has 13 nitrogen and oxygen atoms in total. The van der Waals surface area contributed by atoms with E-state index < -0.39 is 23.9 Å². The number of fused-ring (bicyclic) bond motifs is 1. The number of hydrogen-bond acceptors (Lipinski definition) is 8. The Balaban J connectivity index is 0.000000352. The number of nitrogens with one attached hydrogen (secondary N) is 1. The molecule has 1 fully saturated rings. The van der Waals surface area contributed by atoms with Gasteiger partial charge in [0.25, 0.3) is 0 Å². The van der Waals surface area contributed by atoms with E-state index >= 15 is 0 Å². The van der Waals surface area contributed by atoms with E-state index in [4.69, 9.17) is 25.4 Å². The van der Waals surface area contributed by atoms with Crippen LogP contribution in [0.5, 0.6) is 0 Å². The van der Waals surface area contributed by atoms with Crippen molar-refractivity contribution in [1.82, 2.24) is 24.8 Å². The SMILES string of the molecule is Fc1ccc(Cn2c(CC3CCN(CCNCc4ccccn4)CC3)nc3ccccc32)cc1.O=C(O)C=CC(=O)O.O=C(O)C=CC(=O)O. The van der Waals surface area contributed by atoms with Crippen LogP contribution < -0.4 is 5.32 Å². The molecule has 4 aromatic rings. The number of para-hydroxylation sites is 2. The molecule has 50 heavy (non-hydrogen) atoms. The van der Waals surface area contributed by atoms with Crippen LogP contribution >= 0.6 is 0 Å². The molecule has 5 N–H and O–H groups in total. The lowest BCUT2D eigenvalue weighted by Crippen LogP contribution is -2.38. The van der Waals surface area contributed by atoms with Crippen LogP contribution in [0.15, 0.2) is 97.2 Å². The number of benzene rings is 2. The van der Waals surface area contributed by atoms with Crippen molar-refractivity contribution in [3.8, 4) is 0 Å². The molecule has 3 heterocycles. The first-order valence-corrected chi connectivity index (χ1v) is 15.8. The summed E-state index contributed by atoms with van der Waals surface area (Å²) in [6.07, 6.45) is 7.45. The summed E-state index contributed by atoms with van der Waals surface area (Å²) >= 11 is 0. The molecule has 2 aromatic heterocycles. The molecule has 1 saturated heterocycles. The number of rotatable bonds is 13. The van der Waals surface area contributed by atoms with E-state index in [9.17, 15) is 23.6 Å². The van der Waals surface area contributed by atoms with Crippen molar-refractivity contribution >= 4 is 34.9 Å². The molecule has 1 aliphatic heterocycles. The van der Waals surface area contributed by atoms with Crippen molar-refractivity contribution in [2.45, 2.75) is 32.4 Å². The minimum Gasteiger partial charge on any atom is -0.478 e. The molecule has 14 heteroatoms. The number of nitrogens with zero attached hydrogens (tertiary/aromatic N) is 4. The molecule has 0 bridgehead atoms. The second-order valence-corrected chi connectivity index (χ2v) is 11.2. The topological polar surface area (TPSA) is 195 Å². The number of carboxylic acids is 4. The number of halogens is 1. The zero-order chi connectivity index (χ0) is 36.3. The predicted octanol–water partition coefficient (Wildman–Crippen LogP) is 4.09. The van der Waals surface area contributed by atoms with Crippen LogP contribution in [0.2, 0.25) is 0 Å². The van der Waals surface area contributed by atoms with Crippen molar-refractivity contribution in [1.29, 1.82) is 0 Å². The van der Waals surface area contributed by atoms with Gasteiger partial charge in [-0.05, 0) is 73.8 Å². The second-order valence-electron chi connectivity index (χ2n) is 11.2. The Morgan fingerprint density at radius 2 is 1.38 bits per heavy atom. The van der Waals surface area contributed by atoms with E-state index in [0.717, 1.165) is 73.8 Å². The average molecular weight is 690 g/mol. The quantitative estimate of drug-likeness (QED) is 0.0998. The van der Waals surface area contributed by atoms with Gasteiger partial charge < -0.3 is 35.2 Å². The molecule has 0 radical (unpaired) electrons. The maximum absolute atomic E-state index is 13.4. The number of hydrogen-bond donors (Lipinski definition) is 5. The van der Waals surface area contributed by atoms with Gasteiger partial charge >= 0.3 is 23.9 Å². The molecule has 5 rings (SSSR count). The lowest BCUT2D eigenvalue weighted by molar-refractivity contribution is -0.134. The smallest absolute Gasteiger partial charge is 0.328 e. The summed E-state index contributed by atoms with van der Waals surface area (Å²) in [6.45, 7) is 5.86. The zero-order valence-electron chi connectivity index (χ0n) is 27.3. The predicted molar refractivity (Wildman–Crippen MR) is 183 cm³/mol. The lowest BCUT2D eigenvalue weighted by Gasteiger charge is -2.32. The van der Waals surface area contributed by atoms with Gasteiger partial charge in [-0.25, -0.2) is 28.6 Å².